The molecule has 4 N–H and O–H groups in total. The van der Waals surface area contributed by atoms with Crippen LogP contribution in [0, 0.1) is 0 Å². The van der Waals surface area contributed by atoms with Gasteiger partial charge in [0.1, 0.15) is 5.72 Å². The molecular formula is C9H14N2O. The highest BCUT2D eigenvalue weighted by atomic mass is 16.3. The molecule has 0 aromatic heterocycles. The van der Waals surface area contributed by atoms with E-state index in [0.29, 0.717) is 0 Å². The van der Waals surface area contributed by atoms with Crippen molar-refractivity contribution < 1.29 is 5.11 Å². The standard InChI is InChI=1S/C9H14N2O/c1-9(2,12)11-8-5-3-7(10)4-6-8/h3-6,11-12H,10H2,1-2H3. The molecule has 0 fully saturated rings. The molecule has 3 heteroatoms. The zero-order valence-corrected chi connectivity index (χ0v) is 7.33. The van der Waals surface area contributed by atoms with Crippen molar-refractivity contribution >= 4 is 11.4 Å². The lowest BCUT2D eigenvalue weighted by molar-refractivity contribution is 0.111. The van der Waals surface area contributed by atoms with Gasteiger partial charge in [-0.15, -0.1) is 0 Å². The van der Waals surface area contributed by atoms with Crippen LogP contribution in [0.1, 0.15) is 13.8 Å². The van der Waals surface area contributed by atoms with Crippen LogP contribution in [-0.2, 0) is 0 Å². The van der Waals surface area contributed by atoms with Crippen molar-refractivity contribution in [3.63, 3.8) is 0 Å². The van der Waals surface area contributed by atoms with Gasteiger partial charge < -0.3 is 16.2 Å². The molecule has 0 saturated heterocycles. The first-order chi connectivity index (χ1) is 5.47. The largest absolute Gasteiger partial charge is 0.399 e. The lowest BCUT2D eigenvalue weighted by Gasteiger charge is -2.20. The summed E-state index contributed by atoms with van der Waals surface area (Å²) < 4.78 is 0. The molecule has 0 saturated carbocycles. The van der Waals surface area contributed by atoms with Crippen molar-refractivity contribution in [1.82, 2.24) is 0 Å². The van der Waals surface area contributed by atoms with Gasteiger partial charge in [0, 0.05) is 11.4 Å². The maximum Gasteiger partial charge on any atom is 0.129 e. The van der Waals surface area contributed by atoms with E-state index in [0.717, 1.165) is 11.4 Å². The van der Waals surface area contributed by atoms with Gasteiger partial charge in [0.2, 0.25) is 0 Å². The van der Waals surface area contributed by atoms with E-state index in [1.54, 1.807) is 26.0 Å². The van der Waals surface area contributed by atoms with Crippen LogP contribution in [0.15, 0.2) is 24.3 Å². The number of aliphatic hydroxyl groups is 1. The highest BCUT2D eigenvalue weighted by Crippen LogP contribution is 2.14. The summed E-state index contributed by atoms with van der Waals surface area (Å²) in [5.41, 5.74) is 6.18. The first-order valence-corrected chi connectivity index (χ1v) is 3.83. The van der Waals surface area contributed by atoms with Crippen molar-refractivity contribution in [2.45, 2.75) is 19.6 Å². The van der Waals surface area contributed by atoms with Gasteiger partial charge in [-0.3, -0.25) is 0 Å². The quantitative estimate of drug-likeness (QED) is 0.460. The van der Waals surface area contributed by atoms with E-state index in [1.165, 1.54) is 0 Å². The summed E-state index contributed by atoms with van der Waals surface area (Å²) in [6, 6.07) is 7.22. The van der Waals surface area contributed by atoms with E-state index in [4.69, 9.17) is 5.73 Å². The lowest BCUT2D eigenvalue weighted by Crippen LogP contribution is -2.29. The molecule has 0 radical (unpaired) electrons. The molecule has 66 valence electrons. The SMILES string of the molecule is CC(C)(O)Nc1ccc(N)cc1. The van der Waals surface area contributed by atoms with Gasteiger partial charge in [0.15, 0.2) is 0 Å². The van der Waals surface area contributed by atoms with Crippen LogP contribution in [0.3, 0.4) is 0 Å². The number of nitrogen functional groups attached to an aromatic ring is 1. The van der Waals surface area contributed by atoms with E-state index >= 15 is 0 Å². The molecule has 12 heavy (non-hydrogen) atoms. The van der Waals surface area contributed by atoms with E-state index < -0.39 is 5.72 Å². The Bertz CT molecular complexity index is 248. The van der Waals surface area contributed by atoms with Gasteiger partial charge in [0.25, 0.3) is 0 Å². The molecule has 3 nitrogen and oxygen atoms in total. The third-order valence-electron chi connectivity index (χ3n) is 1.36. The third-order valence-corrected chi connectivity index (χ3v) is 1.36. The molecule has 0 spiro atoms. The van der Waals surface area contributed by atoms with Gasteiger partial charge in [-0.1, -0.05) is 0 Å². The number of nitrogens with one attached hydrogen (secondary N) is 1. The Morgan fingerprint density at radius 3 is 2.17 bits per heavy atom. The summed E-state index contributed by atoms with van der Waals surface area (Å²) >= 11 is 0. The summed E-state index contributed by atoms with van der Waals surface area (Å²) in [4.78, 5) is 0. The molecule has 0 unspecified atom stereocenters. The summed E-state index contributed by atoms with van der Waals surface area (Å²) in [6.45, 7) is 3.37. The second kappa shape index (κ2) is 3.03. The average Bonchev–Trinajstić information content (AvgIpc) is 1.91. The second-order valence-corrected chi connectivity index (χ2v) is 3.31. The highest BCUT2D eigenvalue weighted by Gasteiger charge is 2.10. The van der Waals surface area contributed by atoms with Crippen LogP contribution in [0.5, 0.6) is 0 Å². The molecule has 0 heterocycles. The predicted octanol–water partition coefficient (Wildman–Crippen LogP) is 1.41. The molecule has 0 aliphatic rings. The topological polar surface area (TPSA) is 58.3 Å². The molecule has 0 atom stereocenters. The Kier molecular flexibility index (Phi) is 2.24. The molecule has 1 aromatic rings. The molecule has 1 aromatic carbocycles. The van der Waals surface area contributed by atoms with E-state index in [2.05, 4.69) is 5.32 Å². The van der Waals surface area contributed by atoms with Gasteiger partial charge in [-0.2, -0.15) is 0 Å². The normalized spacial score (nSPS) is 11.2. The Labute approximate surface area is 72.2 Å². The zero-order valence-electron chi connectivity index (χ0n) is 7.33. The zero-order chi connectivity index (χ0) is 9.19. The molecule has 0 bridgehead atoms. The number of hydrogen-bond acceptors (Lipinski definition) is 3. The minimum atomic E-state index is -0.893. The van der Waals surface area contributed by atoms with Crippen molar-refractivity contribution in [1.29, 1.82) is 0 Å². The fraction of sp³-hybridized carbons (Fsp3) is 0.333. The smallest absolute Gasteiger partial charge is 0.129 e. The van der Waals surface area contributed by atoms with Gasteiger partial charge in [-0.05, 0) is 38.1 Å². The summed E-state index contributed by atoms with van der Waals surface area (Å²) in [5, 5.41) is 12.3. The Morgan fingerprint density at radius 2 is 1.75 bits per heavy atom. The van der Waals surface area contributed by atoms with Crippen LogP contribution in [-0.4, -0.2) is 10.8 Å². The summed E-state index contributed by atoms with van der Waals surface area (Å²) in [5.74, 6) is 0. The van der Waals surface area contributed by atoms with Crippen molar-refractivity contribution in [2.75, 3.05) is 11.1 Å². The molecule has 1 rings (SSSR count). The van der Waals surface area contributed by atoms with E-state index in [9.17, 15) is 5.11 Å². The van der Waals surface area contributed by atoms with Crippen molar-refractivity contribution in [3.05, 3.63) is 24.3 Å². The predicted molar refractivity (Wildman–Crippen MR) is 50.8 cm³/mol. The molecule has 0 aliphatic heterocycles. The molecule has 0 amide bonds. The van der Waals surface area contributed by atoms with Crippen LogP contribution >= 0.6 is 0 Å². The second-order valence-electron chi connectivity index (χ2n) is 3.31. The van der Waals surface area contributed by atoms with Crippen molar-refractivity contribution in [2.24, 2.45) is 0 Å². The monoisotopic (exact) mass is 166 g/mol. The number of hydrogen-bond donors (Lipinski definition) is 3. The molecular weight excluding hydrogens is 152 g/mol. The number of nitrogens with two attached hydrogens (primary N) is 1. The van der Waals surface area contributed by atoms with Crippen LogP contribution < -0.4 is 11.1 Å². The lowest BCUT2D eigenvalue weighted by atomic mass is 10.2. The Hall–Kier alpha value is -1.22. The number of benzene rings is 1. The first-order valence-electron chi connectivity index (χ1n) is 3.83. The fourth-order valence-electron chi connectivity index (χ4n) is 0.920. The van der Waals surface area contributed by atoms with Crippen LogP contribution in [0.25, 0.3) is 0 Å². The van der Waals surface area contributed by atoms with Gasteiger partial charge in [0.05, 0.1) is 0 Å². The minimum Gasteiger partial charge on any atom is -0.399 e. The number of anilines is 2. The Balaban J connectivity index is 2.71. The molecule has 0 aliphatic carbocycles. The first kappa shape index (κ1) is 8.87. The van der Waals surface area contributed by atoms with Crippen LogP contribution in [0.4, 0.5) is 11.4 Å². The third kappa shape index (κ3) is 2.80. The number of rotatable bonds is 2. The average molecular weight is 166 g/mol. The summed E-state index contributed by atoms with van der Waals surface area (Å²) in [6.07, 6.45) is 0. The van der Waals surface area contributed by atoms with E-state index in [1.807, 2.05) is 12.1 Å². The van der Waals surface area contributed by atoms with Gasteiger partial charge >= 0.3 is 0 Å². The maximum absolute atomic E-state index is 9.40. The van der Waals surface area contributed by atoms with Crippen molar-refractivity contribution in [3.8, 4) is 0 Å². The Morgan fingerprint density at radius 1 is 1.25 bits per heavy atom. The summed E-state index contributed by atoms with van der Waals surface area (Å²) in [7, 11) is 0. The highest BCUT2D eigenvalue weighted by molar-refractivity contribution is 5.51. The fourth-order valence-corrected chi connectivity index (χ4v) is 0.920. The van der Waals surface area contributed by atoms with Gasteiger partial charge in [-0.25, -0.2) is 0 Å². The van der Waals surface area contributed by atoms with E-state index in [-0.39, 0.29) is 0 Å². The van der Waals surface area contributed by atoms with Crippen LogP contribution in [0.2, 0.25) is 0 Å². The maximum atomic E-state index is 9.40. The minimum absolute atomic E-state index is 0.719.